The molecule has 4 fully saturated rings. The zero-order valence-corrected chi connectivity index (χ0v) is 11.8. The van der Waals surface area contributed by atoms with Crippen LogP contribution >= 0.6 is 0 Å². The summed E-state index contributed by atoms with van der Waals surface area (Å²) in [6, 6.07) is 0. The summed E-state index contributed by atoms with van der Waals surface area (Å²) >= 11 is 0. The highest BCUT2D eigenvalue weighted by molar-refractivity contribution is 5.79. The molecule has 6 nitrogen and oxygen atoms in total. The van der Waals surface area contributed by atoms with Crippen molar-refractivity contribution in [3.8, 4) is 0 Å². The number of carbonyl (C=O) groups excluding carboxylic acids is 1. The predicted octanol–water partition coefficient (Wildman–Crippen LogP) is 0.834. The van der Waals surface area contributed by atoms with Crippen molar-refractivity contribution in [3.05, 3.63) is 0 Å². The Balaban J connectivity index is 1.80. The topological polar surface area (TPSA) is 63.2 Å². The number of rotatable bonds is 4. The van der Waals surface area contributed by atoms with E-state index in [1.165, 1.54) is 0 Å². The number of hydrogen-bond donors (Lipinski definition) is 0. The van der Waals surface area contributed by atoms with E-state index in [0.29, 0.717) is 13.0 Å². The van der Waals surface area contributed by atoms with E-state index in [2.05, 4.69) is 0 Å². The second kappa shape index (κ2) is 3.94. The van der Waals surface area contributed by atoms with E-state index in [0.717, 1.165) is 19.3 Å². The van der Waals surface area contributed by atoms with Gasteiger partial charge < -0.3 is 23.7 Å². The Labute approximate surface area is 117 Å². The van der Waals surface area contributed by atoms with Gasteiger partial charge in [0.25, 0.3) is 0 Å². The van der Waals surface area contributed by atoms with Crippen LogP contribution in [0.1, 0.15) is 25.7 Å². The summed E-state index contributed by atoms with van der Waals surface area (Å²) in [4.78, 5) is 12.3. The molecule has 6 heteroatoms. The summed E-state index contributed by atoms with van der Waals surface area (Å²) in [7, 11) is 3.22. The summed E-state index contributed by atoms with van der Waals surface area (Å²) in [5.74, 6) is -1.17. The van der Waals surface area contributed by atoms with Crippen LogP contribution in [0.4, 0.5) is 0 Å². The van der Waals surface area contributed by atoms with E-state index in [-0.39, 0.29) is 30.2 Å². The third-order valence-electron chi connectivity index (χ3n) is 5.85. The molecule has 4 rings (SSSR count). The van der Waals surface area contributed by atoms with Gasteiger partial charge in [-0.05, 0) is 25.7 Å². The van der Waals surface area contributed by atoms with Crippen molar-refractivity contribution < 1.29 is 28.5 Å². The first-order chi connectivity index (χ1) is 9.66. The van der Waals surface area contributed by atoms with Gasteiger partial charge in [-0.25, -0.2) is 0 Å². The largest absolute Gasteiger partial charge is 0.456 e. The van der Waals surface area contributed by atoms with E-state index < -0.39 is 11.4 Å². The highest BCUT2D eigenvalue weighted by Crippen LogP contribution is 2.74. The molecule has 0 aromatic rings. The molecule has 1 unspecified atom stereocenters. The molecule has 4 aliphatic rings. The minimum atomic E-state index is -0.876. The Kier molecular flexibility index (Phi) is 2.56. The zero-order valence-electron chi connectivity index (χ0n) is 11.8. The minimum absolute atomic E-state index is 0.113. The molecule has 2 aliphatic carbocycles. The third-order valence-corrected chi connectivity index (χ3v) is 5.85. The first-order valence-electron chi connectivity index (χ1n) is 7.18. The Bertz CT molecular complexity index is 453. The molecule has 2 heterocycles. The minimum Gasteiger partial charge on any atom is -0.456 e. The second-order valence-electron chi connectivity index (χ2n) is 6.25. The molecule has 0 aromatic heterocycles. The fourth-order valence-electron chi connectivity index (χ4n) is 5.27. The van der Waals surface area contributed by atoms with Crippen molar-refractivity contribution in [2.24, 2.45) is 11.3 Å². The molecule has 2 aliphatic heterocycles. The standard InChI is InChI=1S/C14H20O6/c1-16-8-18-10-6-9-11(15)20-12-4-3-5-13(9,12)14(10,17-2)19-7-12/h9-10H,3-8H2,1-2H3/t9-,10?,12-,13-,14-/m1/s1. The lowest BCUT2D eigenvalue weighted by Gasteiger charge is -2.41. The molecular weight excluding hydrogens is 264 g/mol. The Hall–Kier alpha value is -0.690. The maximum Gasteiger partial charge on any atom is 0.310 e. The lowest BCUT2D eigenvalue weighted by Crippen LogP contribution is -2.55. The predicted molar refractivity (Wildman–Crippen MR) is 65.7 cm³/mol. The Morgan fingerprint density at radius 1 is 1.35 bits per heavy atom. The van der Waals surface area contributed by atoms with E-state index >= 15 is 0 Å². The van der Waals surface area contributed by atoms with Crippen LogP contribution in [-0.4, -0.2) is 51.1 Å². The lowest BCUT2D eigenvalue weighted by molar-refractivity contribution is -0.292. The molecule has 0 aromatic carbocycles. The van der Waals surface area contributed by atoms with E-state index in [9.17, 15) is 4.79 Å². The van der Waals surface area contributed by atoms with Crippen molar-refractivity contribution >= 4 is 5.97 Å². The van der Waals surface area contributed by atoms with Crippen LogP contribution in [0.2, 0.25) is 0 Å². The van der Waals surface area contributed by atoms with Crippen molar-refractivity contribution in [2.45, 2.75) is 43.2 Å². The van der Waals surface area contributed by atoms with E-state index in [1.54, 1.807) is 14.2 Å². The molecule has 20 heavy (non-hydrogen) atoms. The monoisotopic (exact) mass is 284 g/mol. The van der Waals surface area contributed by atoms with Crippen LogP contribution in [0, 0.1) is 11.3 Å². The summed E-state index contributed by atoms with van der Waals surface area (Å²) in [5, 5.41) is 0. The van der Waals surface area contributed by atoms with Gasteiger partial charge in [0.15, 0.2) is 0 Å². The van der Waals surface area contributed by atoms with Crippen LogP contribution in [-0.2, 0) is 28.5 Å². The van der Waals surface area contributed by atoms with Crippen LogP contribution in [0.3, 0.4) is 0 Å². The molecule has 5 atom stereocenters. The fraction of sp³-hybridized carbons (Fsp3) is 0.929. The van der Waals surface area contributed by atoms with Crippen LogP contribution in [0.5, 0.6) is 0 Å². The summed E-state index contributed by atoms with van der Waals surface area (Å²) in [5.41, 5.74) is -0.889. The maximum atomic E-state index is 12.3. The Morgan fingerprint density at radius 2 is 2.20 bits per heavy atom. The lowest BCUT2D eigenvalue weighted by atomic mass is 9.68. The molecule has 1 spiro atoms. The highest BCUT2D eigenvalue weighted by Gasteiger charge is 2.86. The molecule has 2 saturated heterocycles. The normalized spacial score (nSPS) is 52.2. The number of methoxy groups -OCH3 is 2. The zero-order chi connectivity index (χ0) is 14.0. The van der Waals surface area contributed by atoms with Gasteiger partial charge in [0, 0.05) is 14.2 Å². The van der Waals surface area contributed by atoms with E-state index in [4.69, 9.17) is 23.7 Å². The fourth-order valence-corrected chi connectivity index (χ4v) is 5.27. The molecule has 0 radical (unpaired) electrons. The maximum absolute atomic E-state index is 12.3. The summed E-state index contributed by atoms with van der Waals surface area (Å²) in [6.07, 6.45) is 3.08. The molecule has 112 valence electrons. The number of hydrogen-bond acceptors (Lipinski definition) is 6. The van der Waals surface area contributed by atoms with Gasteiger partial charge in [-0.2, -0.15) is 0 Å². The van der Waals surface area contributed by atoms with Gasteiger partial charge in [0.05, 0.1) is 17.9 Å². The highest BCUT2D eigenvalue weighted by atomic mass is 16.8. The van der Waals surface area contributed by atoms with Gasteiger partial charge in [-0.15, -0.1) is 0 Å². The summed E-state index contributed by atoms with van der Waals surface area (Å²) in [6.45, 7) is 0.583. The van der Waals surface area contributed by atoms with Gasteiger partial charge in [-0.3, -0.25) is 4.79 Å². The van der Waals surface area contributed by atoms with Crippen molar-refractivity contribution in [3.63, 3.8) is 0 Å². The SMILES string of the molecule is COCOC1C[C@@H]2C(=O)O[C@@]34CCC[C@@]23[C@]1(OC)OC4. The van der Waals surface area contributed by atoms with Crippen LogP contribution in [0.25, 0.3) is 0 Å². The van der Waals surface area contributed by atoms with Gasteiger partial charge in [0.2, 0.25) is 5.79 Å². The Morgan fingerprint density at radius 3 is 2.95 bits per heavy atom. The average Bonchev–Trinajstić information content (AvgIpc) is 3.06. The molecular formula is C14H20O6. The third kappa shape index (κ3) is 1.11. The second-order valence-corrected chi connectivity index (χ2v) is 6.25. The smallest absolute Gasteiger partial charge is 0.310 e. The molecule has 2 saturated carbocycles. The quantitative estimate of drug-likeness (QED) is 0.563. The van der Waals surface area contributed by atoms with Crippen molar-refractivity contribution in [1.82, 2.24) is 0 Å². The van der Waals surface area contributed by atoms with Crippen LogP contribution < -0.4 is 0 Å². The first kappa shape index (κ1) is 13.0. The summed E-state index contributed by atoms with van der Waals surface area (Å²) < 4.78 is 28.5. The van der Waals surface area contributed by atoms with Crippen molar-refractivity contribution in [1.29, 1.82) is 0 Å². The van der Waals surface area contributed by atoms with E-state index in [1.807, 2.05) is 0 Å². The van der Waals surface area contributed by atoms with Gasteiger partial charge in [0.1, 0.15) is 18.5 Å². The van der Waals surface area contributed by atoms with Crippen LogP contribution in [0.15, 0.2) is 0 Å². The van der Waals surface area contributed by atoms with Gasteiger partial charge in [-0.1, -0.05) is 0 Å². The van der Waals surface area contributed by atoms with Gasteiger partial charge >= 0.3 is 5.97 Å². The number of carbonyl (C=O) groups is 1. The molecule has 0 amide bonds. The number of esters is 1. The molecule has 0 N–H and O–H groups in total. The van der Waals surface area contributed by atoms with Crippen molar-refractivity contribution in [2.75, 3.05) is 27.6 Å². The molecule has 0 bridgehead atoms. The number of ether oxygens (including phenoxy) is 5. The average molecular weight is 284 g/mol. The first-order valence-corrected chi connectivity index (χ1v) is 7.18.